The standard InChI is InChI=1S/C15H24N2O3/c1-4-6-11-13(18)16-15(20)17(14(11)19)12-8-7-10(5-2)9(12)3/h9-12H,4-8H2,1-3H3,(H,16,18,20). The van der Waals surface area contributed by atoms with Crippen molar-refractivity contribution >= 4 is 17.8 Å². The predicted octanol–water partition coefficient (Wildman–Crippen LogP) is 2.31. The Morgan fingerprint density at radius 2 is 1.90 bits per heavy atom. The van der Waals surface area contributed by atoms with Gasteiger partial charge in [-0.15, -0.1) is 0 Å². The lowest BCUT2D eigenvalue weighted by atomic mass is 9.91. The third-order valence-corrected chi connectivity index (χ3v) is 4.92. The van der Waals surface area contributed by atoms with Crippen molar-refractivity contribution in [2.24, 2.45) is 17.8 Å². The fourth-order valence-electron chi connectivity index (χ4n) is 3.66. The summed E-state index contributed by atoms with van der Waals surface area (Å²) in [5.41, 5.74) is 0. The molecule has 1 saturated heterocycles. The topological polar surface area (TPSA) is 66.5 Å². The van der Waals surface area contributed by atoms with Gasteiger partial charge in [0.2, 0.25) is 11.8 Å². The van der Waals surface area contributed by atoms with Crippen LogP contribution in [0.25, 0.3) is 0 Å². The molecular formula is C15H24N2O3. The van der Waals surface area contributed by atoms with Crippen molar-refractivity contribution in [3.63, 3.8) is 0 Å². The van der Waals surface area contributed by atoms with Crippen LogP contribution in [0.1, 0.15) is 52.9 Å². The quantitative estimate of drug-likeness (QED) is 0.804. The van der Waals surface area contributed by atoms with E-state index in [2.05, 4.69) is 19.2 Å². The number of imide groups is 2. The van der Waals surface area contributed by atoms with E-state index in [1.807, 2.05) is 6.92 Å². The van der Waals surface area contributed by atoms with Gasteiger partial charge in [0.25, 0.3) is 0 Å². The molecule has 2 rings (SSSR count). The van der Waals surface area contributed by atoms with Crippen LogP contribution in [-0.2, 0) is 9.59 Å². The molecule has 0 aromatic rings. The molecule has 0 bridgehead atoms. The number of carbonyl (C=O) groups excluding carboxylic acids is 3. The molecular weight excluding hydrogens is 256 g/mol. The highest BCUT2D eigenvalue weighted by Gasteiger charge is 2.47. The van der Waals surface area contributed by atoms with Gasteiger partial charge in [0.15, 0.2) is 0 Å². The molecule has 1 aliphatic heterocycles. The zero-order chi connectivity index (χ0) is 14.9. The van der Waals surface area contributed by atoms with Crippen molar-refractivity contribution in [1.29, 1.82) is 0 Å². The van der Waals surface area contributed by atoms with Crippen molar-refractivity contribution < 1.29 is 14.4 Å². The van der Waals surface area contributed by atoms with Gasteiger partial charge in [-0.05, 0) is 31.1 Å². The Bertz CT molecular complexity index is 421. The fraction of sp³-hybridized carbons (Fsp3) is 0.800. The van der Waals surface area contributed by atoms with Gasteiger partial charge < -0.3 is 0 Å². The van der Waals surface area contributed by atoms with Crippen molar-refractivity contribution in [2.45, 2.75) is 58.9 Å². The highest BCUT2D eigenvalue weighted by molar-refractivity contribution is 6.16. The van der Waals surface area contributed by atoms with Gasteiger partial charge in [-0.1, -0.05) is 33.6 Å². The molecule has 5 nitrogen and oxygen atoms in total. The number of amides is 4. The number of nitrogens with zero attached hydrogens (tertiary/aromatic N) is 1. The highest BCUT2D eigenvalue weighted by atomic mass is 16.2. The number of urea groups is 1. The van der Waals surface area contributed by atoms with E-state index in [0.717, 1.165) is 25.7 Å². The van der Waals surface area contributed by atoms with E-state index in [4.69, 9.17) is 0 Å². The molecule has 112 valence electrons. The predicted molar refractivity (Wildman–Crippen MR) is 74.7 cm³/mol. The summed E-state index contributed by atoms with van der Waals surface area (Å²) in [7, 11) is 0. The summed E-state index contributed by atoms with van der Waals surface area (Å²) >= 11 is 0. The van der Waals surface area contributed by atoms with Gasteiger partial charge in [-0.2, -0.15) is 0 Å². The summed E-state index contributed by atoms with van der Waals surface area (Å²) in [4.78, 5) is 37.7. The van der Waals surface area contributed by atoms with Crippen LogP contribution in [0.15, 0.2) is 0 Å². The van der Waals surface area contributed by atoms with Gasteiger partial charge in [0.05, 0.1) is 0 Å². The Morgan fingerprint density at radius 1 is 1.20 bits per heavy atom. The zero-order valence-corrected chi connectivity index (χ0v) is 12.5. The molecule has 0 radical (unpaired) electrons. The van der Waals surface area contributed by atoms with Crippen LogP contribution in [0.4, 0.5) is 4.79 Å². The summed E-state index contributed by atoms with van der Waals surface area (Å²) in [6, 6.07) is -0.583. The molecule has 1 N–H and O–H groups in total. The maximum absolute atomic E-state index is 12.5. The number of hydrogen-bond donors (Lipinski definition) is 1. The summed E-state index contributed by atoms with van der Waals surface area (Å²) in [5.74, 6) is -0.552. The van der Waals surface area contributed by atoms with Crippen molar-refractivity contribution in [2.75, 3.05) is 0 Å². The molecule has 1 heterocycles. The third kappa shape index (κ3) is 2.45. The van der Waals surface area contributed by atoms with Crippen molar-refractivity contribution in [3.8, 4) is 0 Å². The zero-order valence-electron chi connectivity index (χ0n) is 12.5. The normalized spacial score (nSPS) is 34.5. The second-order valence-electron chi connectivity index (χ2n) is 6.02. The second-order valence-corrected chi connectivity index (χ2v) is 6.02. The van der Waals surface area contributed by atoms with Crippen molar-refractivity contribution in [1.82, 2.24) is 10.2 Å². The molecule has 2 aliphatic rings. The lowest BCUT2D eigenvalue weighted by molar-refractivity contribution is -0.144. The molecule has 0 spiro atoms. The minimum absolute atomic E-state index is 0.0556. The van der Waals surface area contributed by atoms with Crippen LogP contribution >= 0.6 is 0 Å². The van der Waals surface area contributed by atoms with Crippen LogP contribution in [0.5, 0.6) is 0 Å². The first kappa shape index (κ1) is 15.0. The molecule has 4 atom stereocenters. The summed E-state index contributed by atoms with van der Waals surface area (Å²) in [6.45, 7) is 6.19. The average Bonchev–Trinajstić information content (AvgIpc) is 2.76. The van der Waals surface area contributed by atoms with Gasteiger partial charge in [-0.25, -0.2) is 4.79 Å². The van der Waals surface area contributed by atoms with E-state index >= 15 is 0 Å². The molecule has 4 unspecified atom stereocenters. The number of hydrogen-bond acceptors (Lipinski definition) is 3. The van der Waals surface area contributed by atoms with Crippen LogP contribution in [-0.4, -0.2) is 28.8 Å². The van der Waals surface area contributed by atoms with Gasteiger partial charge in [0.1, 0.15) is 5.92 Å². The van der Waals surface area contributed by atoms with E-state index in [1.54, 1.807) is 0 Å². The number of barbiturate groups is 1. The first-order chi connectivity index (χ1) is 9.51. The van der Waals surface area contributed by atoms with E-state index in [1.165, 1.54) is 4.90 Å². The number of rotatable bonds is 4. The maximum Gasteiger partial charge on any atom is 0.331 e. The largest absolute Gasteiger partial charge is 0.331 e. The van der Waals surface area contributed by atoms with E-state index in [-0.39, 0.29) is 11.9 Å². The molecule has 2 fully saturated rings. The molecule has 5 heteroatoms. The molecule has 4 amide bonds. The van der Waals surface area contributed by atoms with Gasteiger partial charge in [-0.3, -0.25) is 19.8 Å². The first-order valence-corrected chi connectivity index (χ1v) is 7.69. The van der Waals surface area contributed by atoms with Crippen LogP contribution in [0.2, 0.25) is 0 Å². The van der Waals surface area contributed by atoms with Gasteiger partial charge >= 0.3 is 6.03 Å². The molecule has 1 saturated carbocycles. The Labute approximate surface area is 120 Å². The minimum atomic E-state index is -0.689. The van der Waals surface area contributed by atoms with E-state index < -0.39 is 17.9 Å². The van der Waals surface area contributed by atoms with E-state index in [9.17, 15) is 14.4 Å². The van der Waals surface area contributed by atoms with Crippen molar-refractivity contribution in [3.05, 3.63) is 0 Å². The minimum Gasteiger partial charge on any atom is -0.277 e. The lowest BCUT2D eigenvalue weighted by Gasteiger charge is -2.36. The molecule has 0 aromatic heterocycles. The fourth-order valence-corrected chi connectivity index (χ4v) is 3.66. The van der Waals surface area contributed by atoms with Crippen LogP contribution in [0, 0.1) is 17.8 Å². The monoisotopic (exact) mass is 280 g/mol. The summed E-state index contributed by atoms with van der Waals surface area (Å²) < 4.78 is 0. The Hall–Kier alpha value is -1.39. The number of nitrogens with one attached hydrogen (secondary N) is 1. The van der Waals surface area contributed by atoms with Crippen LogP contribution in [0.3, 0.4) is 0 Å². The van der Waals surface area contributed by atoms with E-state index in [0.29, 0.717) is 18.3 Å². The lowest BCUT2D eigenvalue weighted by Crippen LogP contribution is -2.61. The Balaban J connectivity index is 2.19. The average molecular weight is 280 g/mol. The van der Waals surface area contributed by atoms with Crippen LogP contribution < -0.4 is 5.32 Å². The number of carbonyl (C=O) groups is 3. The molecule has 0 aromatic carbocycles. The third-order valence-electron chi connectivity index (χ3n) is 4.92. The highest BCUT2D eigenvalue weighted by Crippen LogP contribution is 2.38. The Morgan fingerprint density at radius 3 is 2.45 bits per heavy atom. The first-order valence-electron chi connectivity index (χ1n) is 7.69. The Kier molecular flexibility index (Phi) is 4.45. The van der Waals surface area contributed by atoms with Gasteiger partial charge in [0, 0.05) is 6.04 Å². The SMILES string of the molecule is CCCC1C(=O)NC(=O)N(C2CCC(CC)C2C)C1=O. The molecule has 1 aliphatic carbocycles. The summed E-state index contributed by atoms with van der Waals surface area (Å²) in [5, 5.41) is 2.35. The smallest absolute Gasteiger partial charge is 0.277 e. The maximum atomic E-state index is 12.5. The molecule has 20 heavy (non-hydrogen) atoms. The summed E-state index contributed by atoms with van der Waals surface area (Å²) in [6.07, 6.45) is 4.23. The second kappa shape index (κ2) is 5.94.